The Morgan fingerprint density at radius 3 is 0.818 bits per heavy atom. The average molecular weight is 445 g/mol. The van der Waals surface area contributed by atoms with E-state index < -0.39 is 41.6 Å². The van der Waals surface area contributed by atoms with Gasteiger partial charge in [0.15, 0.2) is 0 Å². The van der Waals surface area contributed by atoms with E-state index in [0.29, 0.717) is 0 Å². The van der Waals surface area contributed by atoms with Crippen LogP contribution in [0.2, 0.25) is 0 Å². The van der Waals surface area contributed by atoms with Gasteiger partial charge in [-0.1, -0.05) is 15.9 Å². The molecular formula is H8KNO16S4. The van der Waals surface area contributed by atoms with Crippen molar-refractivity contribution in [2.45, 2.75) is 0 Å². The summed E-state index contributed by atoms with van der Waals surface area (Å²) in [6.07, 6.45) is 0. The van der Waals surface area contributed by atoms with E-state index in [4.69, 9.17) is 19.6 Å². The second-order valence-corrected chi connectivity index (χ2v) is 6.69. The van der Waals surface area contributed by atoms with Crippen LogP contribution in [0.25, 0.3) is 0 Å². The van der Waals surface area contributed by atoms with Crippen molar-refractivity contribution in [1.82, 2.24) is 6.15 Å². The van der Waals surface area contributed by atoms with Crippen LogP contribution in [-0.2, 0) is 57.5 Å². The van der Waals surface area contributed by atoms with Crippen LogP contribution in [0.15, 0.2) is 0 Å². The van der Waals surface area contributed by atoms with Crippen molar-refractivity contribution in [1.29, 1.82) is 0 Å². The molecule has 0 aromatic carbocycles. The van der Waals surface area contributed by atoms with Gasteiger partial charge in [0, 0.05) is 0 Å². The van der Waals surface area contributed by atoms with E-state index in [-0.39, 0.29) is 57.5 Å². The molecule has 0 aliphatic rings. The zero-order valence-corrected chi connectivity index (χ0v) is 12.3. The minimum atomic E-state index is -5.17. The molecule has 0 aromatic rings. The van der Waals surface area contributed by atoms with Crippen LogP contribution in [0.1, 0.15) is 0 Å². The Balaban J connectivity index is -0.000000135. The van der Waals surface area contributed by atoms with E-state index in [2.05, 4.69) is 15.9 Å². The second-order valence-electron chi connectivity index (χ2n) is 1.96. The topological polar surface area (TPSA) is 289 Å². The first-order valence-electron chi connectivity index (χ1n) is 3.06. The normalized spacial score (nSPS) is 12.2. The quantitative estimate of drug-likeness (QED) is 0.115. The summed E-state index contributed by atoms with van der Waals surface area (Å²) in [6, 6.07) is 0. The standard InChI is InChI=1S/K.H3N.2H2O8S2.H/c;;2*1-7-10(5,6)8-9(2,3)4;/h;1H3;2*1H,(H,2,3,4);. The third kappa shape index (κ3) is 23.3. The molecule has 22 heavy (non-hydrogen) atoms. The summed E-state index contributed by atoms with van der Waals surface area (Å²) in [5.74, 6) is 0. The van der Waals surface area contributed by atoms with E-state index in [1.165, 1.54) is 0 Å². The fourth-order valence-corrected chi connectivity index (χ4v) is 2.12. The van der Waals surface area contributed by atoms with E-state index >= 15 is 0 Å². The van der Waals surface area contributed by atoms with Crippen LogP contribution in [0, 0.1) is 0 Å². The molecule has 0 heterocycles. The maximum atomic E-state index is 9.78. The Labute approximate surface area is 166 Å². The molecule has 0 amide bonds. The van der Waals surface area contributed by atoms with Gasteiger partial charge in [-0.25, -0.2) is 10.5 Å². The van der Waals surface area contributed by atoms with E-state index in [0.717, 1.165) is 0 Å². The Morgan fingerprint density at radius 1 is 0.591 bits per heavy atom. The van der Waals surface area contributed by atoms with Gasteiger partial charge in [-0.3, -0.25) is 9.11 Å². The summed E-state index contributed by atoms with van der Waals surface area (Å²) in [5, 5.41) is 14.7. The van der Waals surface area contributed by atoms with Crippen LogP contribution in [0.3, 0.4) is 0 Å². The zero-order chi connectivity index (χ0) is 16.8. The van der Waals surface area contributed by atoms with Crippen LogP contribution < -0.4 is 6.15 Å². The van der Waals surface area contributed by atoms with Crippen molar-refractivity contribution in [2.24, 2.45) is 0 Å². The first-order valence-corrected chi connectivity index (χ1v) is 8.46. The molecule has 0 aliphatic heterocycles. The molecule has 0 saturated heterocycles. The Hall–Kier alpha value is 1.08. The third-order valence-corrected chi connectivity index (χ3v) is 3.60. The Kier molecular flexibility index (Phi) is 16.3. The van der Waals surface area contributed by atoms with Crippen molar-refractivity contribution in [3.8, 4) is 0 Å². The molecule has 0 rings (SSSR count). The molecule has 0 radical (unpaired) electrons. The fourth-order valence-electron chi connectivity index (χ4n) is 0.235. The number of hydrogen-bond donors (Lipinski definition) is 5. The zero-order valence-electron chi connectivity index (χ0n) is 9.03. The Morgan fingerprint density at radius 2 is 0.773 bits per heavy atom. The van der Waals surface area contributed by atoms with Crippen molar-refractivity contribution in [3.05, 3.63) is 0 Å². The van der Waals surface area contributed by atoms with Gasteiger partial charge in [0.1, 0.15) is 0 Å². The number of hydrogen-bond acceptors (Lipinski definition) is 15. The molecule has 22 heteroatoms. The average Bonchev–Trinajstić information content (AvgIpc) is 2.11. The molecule has 0 aromatic heterocycles. The summed E-state index contributed by atoms with van der Waals surface area (Å²) in [4.78, 5) is 0. The van der Waals surface area contributed by atoms with Gasteiger partial charge in [-0.05, 0) is 0 Å². The van der Waals surface area contributed by atoms with Crippen LogP contribution in [0.4, 0.5) is 0 Å². The van der Waals surface area contributed by atoms with Gasteiger partial charge in [0.2, 0.25) is 0 Å². The maximum absolute atomic E-state index is 9.78. The van der Waals surface area contributed by atoms with E-state index in [9.17, 15) is 33.7 Å². The van der Waals surface area contributed by atoms with Crippen LogP contribution in [0.5, 0.6) is 0 Å². The molecular weight excluding hydrogens is 437 g/mol. The van der Waals surface area contributed by atoms with Crippen molar-refractivity contribution < 1.29 is 69.2 Å². The summed E-state index contributed by atoms with van der Waals surface area (Å²) >= 11 is 0. The van der Waals surface area contributed by atoms with Gasteiger partial charge in [-0.2, -0.15) is 33.7 Å². The predicted molar refractivity (Wildman–Crippen MR) is 62.7 cm³/mol. The summed E-state index contributed by atoms with van der Waals surface area (Å²) in [7, 11) is -20.5. The molecule has 0 aliphatic carbocycles. The summed E-state index contributed by atoms with van der Waals surface area (Å²) < 4.78 is 103. The van der Waals surface area contributed by atoms with Crippen molar-refractivity contribution in [3.63, 3.8) is 0 Å². The molecule has 0 bridgehead atoms. The third-order valence-electron chi connectivity index (χ3n) is 0.521. The fraction of sp³-hybridized carbons (Fsp3) is 0. The van der Waals surface area contributed by atoms with Gasteiger partial charge in [-0.15, -0.1) is 0 Å². The van der Waals surface area contributed by atoms with Crippen LogP contribution in [-0.4, -0.2) is 105 Å². The molecule has 0 spiro atoms. The molecule has 0 atom stereocenters. The minimum absolute atomic E-state index is 0. The van der Waals surface area contributed by atoms with Gasteiger partial charge in [0.25, 0.3) is 0 Å². The first-order chi connectivity index (χ1) is 8.54. The number of rotatable bonds is 6. The first kappa shape index (κ1) is 30.9. The molecule has 17 nitrogen and oxygen atoms in total. The van der Waals surface area contributed by atoms with E-state index in [1.807, 2.05) is 0 Å². The van der Waals surface area contributed by atoms with Gasteiger partial charge < -0.3 is 6.15 Å². The van der Waals surface area contributed by atoms with Gasteiger partial charge >= 0.3 is 93.0 Å². The second kappa shape index (κ2) is 11.6. The Bertz CT molecular complexity index is 626. The SMILES string of the molecule is N.O=S(=O)(O)OS(=O)(=O)OO.O=S(=O)(O)OS(=O)(=O)OO.[KH]. The molecule has 0 saturated carbocycles. The molecule has 7 N–H and O–H groups in total. The summed E-state index contributed by atoms with van der Waals surface area (Å²) in [5.41, 5.74) is 0. The van der Waals surface area contributed by atoms with Crippen molar-refractivity contribution >= 4 is 93.0 Å². The molecule has 134 valence electrons. The van der Waals surface area contributed by atoms with E-state index in [1.54, 1.807) is 0 Å². The van der Waals surface area contributed by atoms with Gasteiger partial charge in [0.05, 0.1) is 0 Å². The monoisotopic (exact) mass is 445 g/mol. The molecule has 0 unspecified atom stereocenters. The molecule has 0 fully saturated rings. The predicted octanol–water partition coefficient (Wildman–Crippen LogP) is -3.41. The summed E-state index contributed by atoms with van der Waals surface area (Å²) in [6.45, 7) is 0. The van der Waals surface area contributed by atoms with Crippen LogP contribution >= 0.6 is 0 Å². The van der Waals surface area contributed by atoms with Crippen molar-refractivity contribution in [2.75, 3.05) is 0 Å².